The summed E-state index contributed by atoms with van der Waals surface area (Å²) < 4.78 is 18.8. The van der Waals surface area contributed by atoms with Gasteiger partial charge in [-0.1, -0.05) is 24.3 Å². The second-order valence-corrected chi connectivity index (χ2v) is 5.32. The summed E-state index contributed by atoms with van der Waals surface area (Å²) in [5.41, 5.74) is 1.84. The summed E-state index contributed by atoms with van der Waals surface area (Å²) in [6.45, 7) is 0. The molecule has 0 aliphatic heterocycles. The van der Waals surface area contributed by atoms with Crippen LogP contribution in [0.2, 0.25) is 0 Å². The maximum Gasteiger partial charge on any atom is 0.125 e. The molecule has 104 valence electrons. The molecule has 2 aromatic rings. The number of hydrogen-bond acceptors (Lipinski definition) is 2. The molecule has 2 aromatic carbocycles. The van der Waals surface area contributed by atoms with Gasteiger partial charge in [0.2, 0.25) is 0 Å². The van der Waals surface area contributed by atoms with Gasteiger partial charge in [-0.3, -0.25) is 0 Å². The third kappa shape index (κ3) is 2.18. The maximum absolute atomic E-state index is 13.5. The molecule has 0 aromatic heterocycles. The van der Waals surface area contributed by atoms with E-state index in [4.69, 9.17) is 4.74 Å². The van der Waals surface area contributed by atoms with Crippen molar-refractivity contribution < 1.29 is 14.2 Å². The minimum Gasteiger partial charge on any atom is -0.496 e. The smallest absolute Gasteiger partial charge is 0.125 e. The monoisotopic (exact) mass is 272 g/mol. The summed E-state index contributed by atoms with van der Waals surface area (Å²) in [6, 6.07) is 12.4. The third-order valence-corrected chi connectivity index (χ3v) is 4.07. The third-order valence-electron chi connectivity index (χ3n) is 4.07. The minimum absolute atomic E-state index is 0.354. The molecule has 0 spiro atoms. The molecular weight excluding hydrogens is 255 g/mol. The van der Waals surface area contributed by atoms with Crippen molar-refractivity contribution in [2.24, 2.45) is 0 Å². The number of hydrogen-bond donors (Lipinski definition) is 1. The van der Waals surface area contributed by atoms with Crippen molar-refractivity contribution >= 4 is 0 Å². The second-order valence-electron chi connectivity index (χ2n) is 5.32. The zero-order chi connectivity index (χ0) is 14.2. The molecule has 0 fully saturated rings. The number of aliphatic hydroxyl groups is 1. The Kier molecular flexibility index (Phi) is 3.22. The van der Waals surface area contributed by atoms with Crippen LogP contribution < -0.4 is 4.74 Å². The van der Waals surface area contributed by atoms with E-state index < -0.39 is 5.60 Å². The molecule has 0 amide bonds. The van der Waals surface area contributed by atoms with E-state index in [-0.39, 0.29) is 5.82 Å². The molecule has 1 atom stereocenters. The number of halogens is 1. The van der Waals surface area contributed by atoms with Crippen molar-refractivity contribution in [1.29, 1.82) is 0 Å². The van der Waals surface area contributed by atoms with E-state index in [0.717, 1.165) is 12.0 Å². The zero-order valence-corrected chi connectivity index (χ0v) is 11.4. The minimum atomic E-state index is -1.07. The van der Waals surface area contributed by atoms with Crippen LogP contribution in [0.4, 0.5) is 4.39 Å². The van der Waals surface area contributed by atoms with Gasteiger partial charge in [-0.25, -0.2) is 4.39 Å². The highest BCUT2D eigenvalue weighted by Gasteiger charge is 2.36. The normalized spacial score (nSPS) is 21.4. The Morgan fingerprint density at radius 3 is 2.65 bits per heavy atom. The topological polar surface area (TPSA) is 29.5 Å². The van der Waals surface area contributed by atoms with Crippen LogP contribution in [-0.2, 0) is 18.4 Å². The van der Waals surface area contributed by atoms with Crippen LogP contribution in [0.5, 0.6) is 5.75 Å². The molecule has 1 unspecified atom stereocenters. The van der Waals surface area contributed by atoms with Gasteiger partial charge in [-0.05, 0) is 42.2 Å². The van der Waals surface area contributed by atoms with Crippen molar-refractivity contribution in [3.05, 3.63) is 65.0 Å². The highest BCUT2D eigenvalue weighted by atomic mass is 19.1. The Bertz CT molecular complexity index is 639. The van der Waals surface area contributed by atoms with E-state index in [1.807, 2.05) is 18.2 Å². The summed E-state index contributed by atoms with van der Waals surface area (Å²) >= 11 is 0. The fraction of sp³-hybridized carbons (Fsp3) is 0.294. The van der Waals surface area contributed by atoms with Crippen molar-refractivity contribution in [3.63, 3.8) is 0 Å². The Balaban J connectivity index is 2.04. The number of aryl methyl sites for hydroxylation is 1. The SMILES string of the molecule is COc1ccc(F)cc1C1(O)CCc2ccccc2C1. The van der Waals surface area contributed by atoms with Crippen LogP contribution in [0.15, 0.2) is 42.5 Å². The highest BCUT2D eigenvalue weighted by molar-refractivity contribution is 5.42. The summed E-state index contributed by atoms with van der Waals surface area (Å²) in [5, 5.41) is 11.0. The van der Waals surface area contributed by atoms with Gasteiger partial charge in [0, 0.05) is 12.0 Å². The highest BCUT2D eigenvalue weighted by Crippen LogP contribution is 2.40. The van der Waals surface area contributed by atoms with Gasteiger partial charge >= 0.3 is 0 Å². The van der Waals surface area contributed by atoms with E-state index in [0.29, 0.717) is 24.2 Å². The first-order valence-electron chi connectivity index (χ1n) is 6.75. The van der Waals surface area contributed by atoms with E-state index >= 15 is 0 Å². The summed E-state index contributed by atoms with van der Waals surface area (Å²) in [6.07, 6.45) is 1.85. The molecule has 1 N–H and O–H groups in total. The predicted molar refractivity (Wildman–Crippen MR) is 75.3 cm³/mol. The molecule has 3 rings (SSSR count). The van der Waals surface area contributed by atoms with Crippen molar-refractivity contribution in [3.8, 4) is 5.75 Å². The lowest BCUT2D eigenvalue weighted by atomic mass is 9.76. The lowest BCUT2D eigenvalue weighted by molar-refractivity contribution is 0.0197. The van der Waals surface area contributed by atoms with Crippen molar-refractivity contribution in [2.45, 2.75) is 24.9 Å². The average Bonchev–Trinajstić information content (AvgIpc) is 2.47. The lowest BCUT2D eigenvalue weighted by Crippen LogP contribution is -2.33. The predicted octanol–water partition coefficient (Wildman–Crippen LogP) is 3.21. The van der Waals surface area contributed by atoms with Gasteiger partial charge in [0.25, 0.3) is 0 Å². The lowest BCUT2D eigenvalue weighted by Gasteiger charge is -2.34. The first-order chi connectivity index (χ1) is 9.62. The van der Waals surface area contributed by atoms with Gasteiger partial charge in [-0.15, -0.1) is 0 Å². The van der Waals surface area contributed by atoms with E-state index in [9.17, 15) is 9.50 Å². The van der Waals surface area contributed by atoms with Gasteiger partial charge in [-0.2, -0.15) is 0 Å². The summed E-state index contributed by atoms with van der Waals surface area (Å²) in [7, 11) is 1.54. The number of benzene rings is 2. The molecule has 20 heavy (non-hydrogen) atoms. The number of fused-ring (bicyclic) bond motifs is 1. The fourth-order valence-electron chi connectivity index (χ4n) is 2.99. The van der Waals surface area contributed by atoms with Gasteiger partial charge < -0.3 is 9.84 Å². The van der Waals surface area contributed by atoms with Crippen LogP contribution in [0.1, 0.15) is 23.1 Å². The molecule has 0 bridgehead atoms. The molecule has 0 saturated heterocycles. The van der Waals surface area contributed by atoms with Crippen molar-refractivity contribution in [1.82, 2.24) is 0 Å². The van der Waals surface area contributed by atoms with E-state index in [1.165, 1.54) is 24.8 Å². The van der Waals surface area contributed by atoms with Crippen LogP contribution >= 0.6 is 0 Å². The Morgan fingerprint density at radius 2 is 1.90 bits per heavy atom. The molecule has 1 aliphatic rings. The zero-order valence-electron chi connectivity index (χ0n) is 11.4. The number of rotatable bonds is 2. The van der Waals surface area contributed by atoms with Crippen LogP contribution in [0, 0.1) is 5.82 Å². The van der Waals surface area contributed by atoms with Crippen LogP contribution in [-0.4, -0.2) is 12.2 Å². The molecular formula is C17H17FO2. The number of methoxy groups -OCH3 is 1. The molecule has 0 heterocycles. The Hall–Kier alpha value is -1.87. The molecule has 3 heteroatoms. The molecule has 0 radical (unpaired) electrons. The fourth-order valence-corrected chi connectivity index (χ4v) is 2.99. The average molecular weight is 272 g/mol. The van der Waals surface area contributed by atoms with Gasteiger partial charge in [0.05, 0.1) is 12.7 Å². The Labute approximate surface area is 117 Å². The van der Waals surface area contributed by atoms with Crippen LogP contribution in [0.25, 0.3) is 0 Å². The van der Waals surface area contributed by atoms with E-state index in [2.05, 4.69) is 6.07 Å². The quantitative estimate of drug-likeness (QED) is 0.909. The molecule has 0 saturated carbocycles. The van der Waals surface area contributed by atoms with Gasteiger partial charge in [0.1, 0.15) is 11.6 Å². The first kappa shape index (κ1) is 13.1. The first-order valence-corrected chi connectivity index (χ1v) is 6.75. The second kappa shape index (κ2) is 4.91. The standard InChI is InChI=1S/C17H17FO2/c1-20-16-7-6-14(18)10-15(16)17(19)9-8-12-4-2-3-5-13(12)11-17/h2-7,10,19H,8-9,11H2,1H3. The van der Waals surface area contributed by atoms with Crippen molar-refractivity contribution in [2.75, 3.05) is 7.11 Å². The summed E-state index contributed by atoms with van der Waals surface area (Å²) in [5.74, 6) is 0.182. The maximum atomic E-state index is 13.5. The largest absolute Gasteiger partial charge is 0.496 e. The van der Waals surface area contributed by atoms with Gasteiger partial charge in [0.15, 0.2) is 0 Å². The summed E-state index contributed by atoms with van der Waals surface area (Å²) in [4.78, 5) is 0. The molecule has 2 nitrogen and oxygen atoms in total. The number of ether oxygens (including phenoxy) is 1. The Morgan fingerprint density at radius 1 is 1.15 bits per heavy atom. The van der Waals surface area contributed by atoms with E-state index in [1.54, 1.807) is 6.07 Å². The molecule has 1 aliphatic carbocycles. The van der Waals surface area contributed by atoms with Crippen LogP contribution in [0.3, 0.4) is 0 Å².